The van der Waals surface area contributed by atoms with Crippen LogP contribution >= 0.6 is 0 Å². The summed E-state index contributed by atoms with van der Waals surface area (Å²) in [5.41, 5.74) is 0.723. The maximum atomic E-state index is 12.4. The lowest BCUT2D eigenvalue weighted by Crippen LogP contribution is -2.14. The molecule has 0 aliphatic carbocycles. The van der Waals surface area contributed by atoms with Gasteiger partial charge in [0.15, 0.2) is 11.5 Å². The molecule has 3 N–H and O–H groups in total. The fraction of sp³-hybridized carbons (Fsp3) is 0.100. The summed E-state index contributed by atoms with van der Waals surface area (Å²) in [7, 11) is -2.35. The van der Waals surface area contributed by atoms with Crippen molar-refractivity contribution in [2.45, 2.75) is 4.90 Å². The van der Waals surface area contributed by atoms with Crippen LogP contribution in [-0.4, -0.2) is 28.0 Å². The van der Waals surface area contributed by atoms with Crippen LogP contribution in [0.4, 0.5) is 5.69 Å². The summed E-state index contributed by atoms with van der Waals surface area (Å²) in [6, 6.07) is 12.1. The first kappa shape index (κ1) is 21.7. The monoisotopic (exact) mass is 413 g/mol. The van der Waals surface area contributed by atoms with Crippen LogP contribution in [0, 0.1) is 11.3 Å². The van der Waals surface area contributed by atoms with E-state index in [1.807, 2.05) is 6.07 Å². The minimum atomic E-state index is -3.83. The van der Waals surface area contributed by atoms with Gasteiger partial charge in [-0.3, -0.25) is 4.79 Å². The van der Waals surface area contributed by atoms with Gasteiger partial charge < -0.3 is 14.8 Å². The van der Waals surface area contributed by atoms with Crippen molar-refractivity contribution in [2.75, 3.05) is 19.0 Å². The Morgan fingerprint density at radius 3 is 2.48 bits per heavy atom. The van der Waals surface area contributed by atoms with Crippen LogP contribution in [0.5, 0.6) is 11.5 Å². The molecular weight excluding hydrogens is 394 g/mol. The first-order valence-electron chi connectivity index (χ1n) is 8.26. The Hall–Kier alpha value is -3.61. The maximum absolute atomic E-state index is 12.4. The number of nitrogens with one attached hydrogen (secondary N) is 1. The molecule has 0 saturated carbocycles. The molecule has 0 aromatic heterocycles. The second-order valence-corrected chi connectivity index (χ2v) is 7.26. The highest BCUT2D eigenvalue weighted by Gasteiger charge is 2.12. The van der Waals surface area contributed by atoms with Gasteiger partial charge in [0, 0.05) is 5.69 Å². The highest BCUT2D eigenvalue weighted by molar-refractivity contribution is 7.89. The molecule has 0 atom stereocenters. The smallest absolute Gasteiger partial charge is 0.266 e. The van der Waals surface area contributed by atoms with Gasteiger partial charge in [0.2, 0.25) is 10.0 Å². The third-order valence-corrected chi connectivity index (χ3v) is 4.59. The fourth-order valence-electron chi connectivity index (χ4n) is 2.28. The predicted molar refractivity (Wildman–Crippen MR) is 109 cm³/mol. The number of nitriles is 1. The molecule has 0 unspecified atom stereocenters. The van der Waals surface area contributed by atoms with Gasteiger partial charge in [-0.2, -0.15) is 5.26 Å². The Morgan fingerprint density at radius 2 is 1.93 bits per heavy atom. The number of primary sulfonamides is 1. The molecule has 0 bridgehead atoms. The Bertz CT molecular complexity index is 1080. The van der Waals surface area contributed by atoms with E-state index in [9.17, 15) is 18.5 Å². The van der Waals surface area contributed by atoms with Crippen LogP contribution in [0.25, 0.3) is 6.08 Å². The van der Waals surface area contributed by atoms with E-state index in [0.717, 1.165) is 0 Å². The molecule has 1 amide bonds. The van der Waals surface area contributed by atoms with Crippen LogP contribution in [-0.2, 0) is 14.8 Å². The minimum absolute atomic E-state index is 0.0857. The Kier molecular flexibility index (Phi) is 7.14. The van der Waals surface area contributed by atoms with E-state index < -0.39 is 15.9 Å². The minimum Gasteiger partial charge on any atom is -0.493 e. The average molecular weight is 413 g/mol. The van der Waals surface area contributed by atoms with Gasteiger partial charge >= 0.3 is 0 Å². The number of benzene rings is 2. The van der Waals surface area contributed by atoms with Gasteiger partial charge in [0.1, 0.15) is 18.2 Å². The maximum Gasteiger partial charge on any atom is 0.266 e. The summed E-state index contributed by atoms with van der Waals surface area (Å²) in [4.78, 5) is 12.3. The Labute approximate surface area is 168 Å². The van der Waals surface area contributed by atoms with Gasteiger partial charge in [0.25, 0.3) is 5.91 Å². The first-order valence-corrected chi connectivity index (χ1v) is 9.81. The van der Waals surface area contributed by atoms with Gasteiger partial charge in [0.05, 0.1) is 12.0 Å². The molecule has 0 fully saturated rings. The summed E-state index contributed by atoms with van der Waals surface area (Å²) in [6.45, 7) is 3.89. The molecule has 0 saturated heterocycles. The standard InChI is InChI=1S/C20H19N3O5S/c1-3-10-28-18-9-4-14(12-19(18)27-2)11-15(13-21)20(24)23-16-5-7-17(8-6-16)29(22,25)26/h3-9,11-12H,1,10H2,2H3,(H,23,24)(H2,22,25,26)/b15-11+. The van der Waals surface area contributed by atoms with Crippen molar-refractivity contribution >= 4 is 27.7 Å². The van der Waals surface area contributed by atoms with Crippen molar-refractivity contribution in [1.29, 1.82) is 5.26 Å². The van der Waals surface area contributed by atoms with Gasteiger partial charge in [-0.25, -0.2) is 13.6 Å². The zero-order valence-electron chi connectivity index (χ0n) is 15.6. The van der Waals surface area contributed by atoms with Gasteiger partial charge in [-0.05, 0) is 48.0 Å². The molecule has 9 heteroatoms. The van der Waals surface area contributed by atoms with Crippen molar-refractivity contribution in [2.24, 2.45) is 5.14 Å². The summed E-state index contributed by atoms with van der Waals surface area (Å²) >= 11 is 0. The molecule has 0 spiro atoms. The van der Waals surface area contributed by atoms with E-state index in [2.05, 4.69) is 11.9 Å². The molecule has 0 aliphatic rings. The second kappa shape index (κ2) is 9.54. The van der Waals surface area contributed by atoms with Crippen LogP contribution in [0.1, 0.15) is 5.56 Å². The molecule has 8 nitrogen and oxygen atoms in total. The number of hydrogen-bond donors (Lipinski definition) is 2. The zero-order chi connectivity index (χ0) is 21.4. The van der Waals surface area contributed by atoms with Gasteiger partial charge in [-0.15, -0.1) is 0 Å². The van der Waals surface area contributed by atoms with Crippen molar-refractivity contribution < 1.29 is 22.7 Å². The van der Waals surface area contributed by atoms with Crippen molar-refractivity contribution in [3.63, 3.8) is 0 Å². The summed E-state index contributed by atoms with van der Waals surface area (Å²) < 4.78 is 33.3. The average Bonchev–Trinajstić information content (AvgIpc) is 2.70. The van der Waals surface area contributed by atoms with E-state index in [0.29, 0.717) is 29.4 Å². The number of methoxy groups -OCH3 is 1. The summed E-state index contributed by atoms with van der Waals surface area (Å²) in [5, 5.41) is 16.9. The number of nitrogens with two attached hydrogens (primary N) is 1. The second-order valence-electron chi connectivity index (χ2n) is 5.70. The largest absolute Gasteiger partial charge is 0.493 e. The number of amides is 1. The lowest BCUT2D eigenvalue weighted by molar-refractivity contribution is -0.112. The first-order chi connectivity index (χ1) is 13.8. The number of carbonyl (C=O) groups is 1. The normalized spacial score (nSPS) is 11.3. The third kappa shape index (κ3) is 5.93. The van der Waals surface area contributed by atoms with Crippen LogP contribution in [0.3, 0.4) is 0 Å². The Morgan fingerprint density at radius 1 is 1.24 bits per heavy atom. The highest BCUT2D eigenvalue weighted by atomic mass is 32.2. The quantitative estimate of drug-likeness (QED) is 0.388. The molecule has 0 radical (unpaired) electrons. The van der Waals surface area contributed by atoms with E-state index in [1.54, 1.807) is 24.3 Å². The number of sulfonamides is 1. The zero-order valence-corrected chi connectivity index (χ0v) is 16.4. The molecule has 150 valence electrons. The molecule has 29 heavy (non-hydrogen) atoms. The number of hydrogen-bond acceptors (Lipinski definition) is 6. The van der Waals surface area contributed by atoms with Crippen molar-refractivity contribution in [3.05, 3.63) is 66.3 Å². The molecule has 2 aromatic carbocycles. The van der Waals surface area contributed by atoms with E-state index >= 15 is 0 Å². The molecule has 0 heterocycles. The third-order valence-electron chi connectivity index (χ3n) is 3.66. The topological polar surface area (TPSA) is 132 Å². The number of rotatable bonds is 8. The summed E-state index contributed by atoms with van der Waals surface area (Å²) in [6.07, 6.45) is 2.99. The number of ether oxygens (including phenoxy) is 2. The SMILES string of the molecule is C=CCOc1ccc(/C=C(\C#N)C(=O)Nc2ccc(S(N)(=O)=O)cc2)cc1OC. The number of nitrogens with zero attached hydrogens (tertiary/aromatic N) is 1. The number of carbonyl (C=O) groups excluding carboxylic acids is 1. The molecule has 2 aromatic rings. The van der Waals surface area contributed by atoms with E-state index in [1.165, 1.54) is 37.5 Å². The van der Waals surface area contributed by atoms with Crippen molar-refractivity contribution in [3.8, 4) is 17.6 Å². The van der Waals surface area contributed by atoms with E-state index in [4.69, 9.17) is 14.6 Å². The molecule has 2 rings (SSSR count). The van der Waals surface area contributed by atoms with Crippen molar-refractivity contribution in [1.82, 2.24) is 0 Å². The lowest BCUT2D eigenvalue weighted by Gasteiger charge is -2.10. The number of anilines is 1. The highest BCUT2D eigenvalue weighted by Crippen LogP contribution is 2.29. The molecule has 0 aliphatic heterocycles. The van der Waals surface area contributed by atoms with Crippen LogP contribution < -0.4 is 19.9 Å². The van der Waals surface area contributed by atoms with Crippen LogP contribution in [0.15, 0.2) is 65.6 Å². The van der Waals surface area contributed by atoms with Gasteiger partial charge in [-0.1, -0.05) is 18.7 Å². The predicted octanol–water partition coefficient (Wildman–Crippen LogP) is 2.45. The summed E-state index contributed by atoms with van der Waals surface area (Å²) in [5.74, 6) is 0.293. The fourth-order valence-corrected chi connectivity index (χ4v) is 2.80. The molecular formula is C20H19N3O5S. The van der Waals surface area contributed by atoms with E-state index in [-0.39, 0.29) is 10.5 Å². The van der Waals surface area contributed by atoms with Crippen LogP contribution in [0.2, 0.25) is 0 Å². The lowest BCUT2D eigenvalue weighted by atomic mass is 10.1. The Balaban J connectivity index is 2.21.